The Morgan fingerprint density at radius 2 is 1.82 bits per heavy atom. The van der Waals surface area contributed by atoms with Gasteiger partial charge in [0.1, 0.15) is 0 Å². The lowest BCUT2D eigenvalue weighted by atomic mass is 9.84. The van der Waals surface area contributed by atoms with E-state index in [9.17, 15) is 5.11 Å². The Balaban J connectivity index is 2.02. The Kier molecular flexibility index (Phi) is 0.972. The molecule has 0 aliphatic heterocycles. The van der Waals surface area contributed by atoms with Gasteiger partial charge >= 0.3 is 0 Å². The monoisotopic (exact) mass is 148 g/mol. The minimum absolute atomic E-state index is 0.153. The molecule has 0 aromatic carbocycles. The second kappa shape index (κ2) is 1.78. The van der Waals surface area contributed by atoms with E-state index in [-0.39, 0.29) is 6.10 Å². The van der Waals surface area contributed by atoms with Gasteiger partial charge in [-0.05, 0) is 24.2 Å². The average Bonchev–Trinajstić information content (AvgIpc) is 2.60. The smallest absolute Gasteiger partial charge is 0.0760 e. The summed E-state index contributed by atoms with van der Waals surface area (Å²) in [4.78, 5) is 0. The molecule has 1 nitrogen and oxygen atoms in total. The Morgan fingerprint density at radius 1 is 1.00 bits per heavy atom. The maximum absolute atomic E-state index is 9.60. The van der Waals surface area contributed by atoms with E-state index in [0.717, 1.165) is 5.92 Å². The standard InChI is InChI=1S/C10H12O/c11-9-4-3-8-6-1-2-7(5-6)10(8)9/h1-4,6-11H,5H2/t6-,7-,8+,9+,10+/m0/s1. The Hall–Kier alpha value is -0.560. The van der Waals surface area contributed by atoms with Gasteiger partial charge in [-0.25, -0.2) is 0 Å². The van der Waals surface area contributed by atoms with Gasteiger partial charge in [-0.15, -0.1) is 0 Å². The van der Waals surface area contributed by atoms with E-state index in [0.29, 0.717) is 17.8 Å². The van der Waals surface area contributed by atoms with Gasteiger partial charge in [0.15, 0.2) is 0 Å². The molecule has 3 rings (SSSR count). The van der Waals surface area contributed by atoms with Gasteiger partial charge in [0.2, 0.25) is 0 Å². The minimum Gasteiger partial charge on any atom is -0.389 e. The fraction of sp³-hybridized carbons (Fsp3) is 0.600. The third-order valence-corrected chi connectivity index (χ3v) is 3.51. The molecule has 0 heterocycles. The SMILES string of the molecule is O[C@@H]1C=C[C@H]2[C@H]1[C@H]1C=C[C@H]2C1. The van der Waals surface area contributed by atoms with Crippen LogP contribution in [0.3, 0.4) is 0 Å². The lowest BCUT2D eigenvalue weighted by Gasteiger charge is -2.22. The summed E-state index contributed by atoms with van der Waals surface area (Å²) in [5.41, 5.74) is 0. The zero-order valence-electron chi connectivity index (χ0n) is 6.35. The van der Waals surface area contributed by atoms with Crippen LogP contribution in [0, 0.1) is 23.7 Å². The molecule has 0 aromatic heterocycles. The number of hydrogen-bond donors (Lipinski definition) is 1. The molecule has 1 N–H and O–H groups in total. The van der Waals surface area contributed by atoms with Crippen LogP contribution in [0.1, 0.15) is 6.42 Å². The predicted octanol–water partition coefficient (Wildman–Crippen LogP) is 1.36. The van der Waals surface area contributed by atoms with Crippen molar-refractivity contribution in [2.45, 2.75) is 12.5 Å². The van der Waals surface area contributed by atoms with Gasteiger partial charge in [0, 0.05) is 5.92 Å². The van der Waals surface area contributed by atoms with E-state index < -0.39 is 0 Å². The molecular formula is C10H12O. The first-order chi connectivity index (χ1) is 5.36. The number of hydrogen-bond acceptors (Lipinski definition) is 1. The van der Waals surface area contributed by atoms with Crippen LogP contribution >= 0.6 is 0 Å². The summed E-state index contributed by atoms with van der Waals surface area (Å²) >= 11 is 0. The van der Waals surface area contributed by atoms with E-state index in [1.54, 1.807) is 0 Å². The van der Waals surface area contributed by atoms with Gasteiger partial charge < -0.3 is 5.11 Å². The lowest BCUT2D eigenvalue weighted by Crippen LogP contribution is -2.23. The molecule has 0 aromatic rings. The van der Waals surface area contributed by atoms with Crippen LogP contribution in [0.2, 0.25) is 0 Å². The van der Waals surface area contributed by atoms with E-state index in [1.165, 1.54) is 6.42 Å². The molecule has 5 atom stereocenters. The average molecular weight is 148 g/mol. The predicted molar refractivity (Wildman–Crippen MR) is 42.9 cm³/mol. The Bertz CT molecular complexity index is 241. The van der Waals surface area contributed by atoms with Gasteiger partial charge in [0.05, 0.1) is 6.10 Å². The second-order valence-electron chi connectivity index (χ2n) is 3.98. The third kappa shape index (κ3) is 0.603. The molecule has 0 radical (unpaired) electrons. The van der Waals surface area contributed by atoms with Gasteiger partial charge in [-0.3, -0.25) is 0 Å². The normalized spacial score (nSPS) is 57.4. The van der Waals surface area contributed by atoms with Crippen LogP contribution in [-0.2, 0) is 0 Å². The number of aliphatic hydroxyl groups is 1. The molecule has 1 heteroatoms. The highest BCUT2D eigenvalue weighted by molar-refractivity contribution is 5.24. The molecule has 58 valence electrons. The molecule has 0 amide bonds. The maximum Gasteiger partial charge on any atom is 0.0760 e. The number of fused-ring (bicyclic) bond motifs is 5. The molecule has 1 fully saturated rings. The first kappa shape index (κ1) is 6.01. The van der Waals surface area contributed by atoms with Crippen LogP contribution in [0.4, 0.5) is 0 Å². The molecule has 11 heavy (non-hydrogen) atoms. The summed E-state index contributed by atoms with van der Waals surface area (Å²) in [6, 6.07) is 0. The van der Waals surface area contributed by atoms with Crippen molar-refractivity contribution in [3.8, 4) is 0 Å². The highest BCUT2D eigenvalue weighted by atomic mass is 16.3. The third-order valence-electron chi connectivity index (χ3n) is 3.51. The largest absolute Gasteiger partial charge is 0.389 e. The lowest BCUT2D eigenvalue weighted by molar-refractivity contribution is 0.132. The topological polar surface area (TPSA) is 20.2 Å². The van der Waals surface area contributed by atoms with Crippen LogP contribution < -0.4 is 0 Å². The maximum atomic E-state index is 9.60. The summed E-state index contributed by atoms with van der Waals surface area (Å²) in [6.45, 7) is 0. The van der Waals surface area contributed by atoms with Crippen molar-refractivity contribution in [3.05, 3.63) is 24.3 Å². The van der Waals surface area contributed by atoms with E-state index in [1.807, 2.05) is 6.08 Å². The number of allylic oxidation sites excluding steroid dienone is 3. The van der Waals surface area contributed by atoms with Crippen molar-refractivity contribution in [2.24, 2.45) is 23.7 Å². The molecule has 0 unspecified atom stereocenters. The molecule has 0 spiro atoms. The Morgan fingerprint density at radius 3 is 2.64 bits per heavy atom. The van der Waals surface area contributed by atoms with E-state index in [4.69, 9.17) is 0 Å². The van der Waals surface area contributed by atoms with Crippen LogP contribution in [0.5, 0.6) is 0 Å². The van der Waals surface area contributed by atoms with E-state index >= 15 is 0 Å². The van der Waals surface area contributed by atoms with Crippen LogP contribution in [0.25, 0.3) is 0 Å². The zero-order valence-corrected chi connectivity index (χ0v) is 6.35. The highest BCUT2D eigenvalue weighted by Crippen LogP contribution is 2.52. The van der Waals surface area contributed by atoms with Crippen LogP contribution in [0.15, 0.2) is 24.3 Å². The Labute approximate surface area is 66.4 Å². The first-order valence-electron chi connectivity index (χ1n) is 4.41. The van der Waals surface area contributed by atoms with Crippen molar-refractivity contribution < 1.29 is 5.11 Å². The molecule has 2 bridgehead atoms. The summed E-state index contributed by atoms with van der Waals surface area (Å²) < 4.78 is 0. The molecule has 0 saturated heterocycles. The fourth-order valence-corrected chi connectivity index (χ4v) is 3.02. The van der Waals surface area contributed by atoms with Gasteiger partial charge in [0.25, 0.3) is 0 Å². The summed E-state index contributed by atoms with van der Waals surface area (Å²) in [6.07, 6.45) is 9.94. The first-order valence-corrected chi connectivity index (χ1v) is 4.41. The van der Waals surface area contributed by atoms with Crippen molar-refractivity contribution >= 4 is 0 Å². The molecule has 1 saturated carbocycles. The number of rotatable bonds is 0. The summed E-state index contributed by atoms with van der Waals surface area (Å²) in [5.74, 6) is 2.62. The second-order valence-corrected chi connectivity index (χ2v) is 3.98. The van der Waals surface area contributed by atoms with Gasteiger partial charge in [-0.1, -0.05) is 24.3 Å². The quantitative estimate of drug-likeness (QED) is 0.514. The van der Waals surface area contributed by atoms with Crippen molar-refractivity contribution in [1.82, 2.24) is 0 Å². The number of aliphatic hydroxyl groups excluding tert-OH is 1. The van der Waals surface area contributed by atoms with Crippen LogP contribution in [-0.4, -0.2) is 11.2 Å². The highest BCUT2D eigenvalue weighted by Gasteiger charge is 2.48. The van der Waals surface area contributed by atoms with Gasteiger partial charge in [-0.2, -0.15) is 0 Å². The van der Waals surface area contributed by atoms with Crippen molar-refractivity contribution in [1.29, 1.82) is 0 Å². The van der Waals surface area contributed by atoms with Crippen molar-refractivity contribution in [2.75, 3.05) is 0 Å². The summed E-state index contributed by atoms with van der Waals surface area (Å²) in [5, 5.41) is 9.60. The van der Waals surface area contributed by atoms with Crippen molar-refractivity contribution in [3.63, 3.8) is 0 Å². The zero-order chi connectivity index (χ0) is 7.42. The minimum atomic E-state index is -0.153. The van der Waals surface area contributed by atoms with E-state index in [2.05, 4.69) is 18.2 Å². The molecular weight excluding hydrogens is 136 g/mol. The summed E-state index contributed by atoms with van der Waals surface area (Å²) in [7, 11) is 0. The molecule has 3 aliphatic rings. The fourth-order valence-electron chi connectivity index (χ4n) is 3.02. The molecule has 3 aliphatic carbocycles.